The largest absolute Gasteiger partial charge is 0.490 e. The van der Waals surface area contributed by atoms with Gasteiger partial charge in [-0.1, -0.05) is 11.6 Å². The summed E-state index contributed by atoms with van der Waals surface area (Å²) in [6.07, 6.45) is 2.28. The number of aliphatic hydroxyl groups excluding tert-OH is 1. The molecule has 0 bridgehead atoms. The first-order chi connectivity index (χ1) is 16.2. The van der Waals surface area contributed by atoms with Gasteiger partial charge in [-0.15, -0.1) is 0 Å². The van der Waals surface area contributed by atoms with E-state index in [1.807, 2.05) is 65.8 Å². The number of piperidine rings is 2. The van der Waals surface area contributed by atoms with Crippen LogP contribution in [-0.2, 0) is 9.47 Å². The minimum Gasteiger partial charge on any atom is -0.490 e. The van der Waals surface area contributed by atoms with E-state index in [-0.39, 0.29) is 24.4 Å². The highest BCUT2D eigenvalue weighted by atomic mass is 35.5. The first-order valence-corrected chi connectivity index (χ1v) is 12.7. The average molecular weight is 513 g/mol. The van der Waals surface area contributed by atoms with Crippen LogP contribution in [0.1, 0.15) is 67.2 Å². The molecule has 198 valence electrons. The van der Waals surface area contributed by atoms with E-state index in [0.29, 0.717) is 44.0 Å². The van der Waals surface area contributed by atoms with Crippen molar-refractivity contribution in [1.29, 1.82) is 0 Å². The summed E-state index contributed by atoms with van der Waals surface area (Å²) in [4.78, 5) is 26.9. The Morgan fingerprint density at radius 1 is 0.800 bits per heavy atom. The second-order valence-electron chi connectivity index (χ2n) is 10.9. The predicted octanol–water partition coefficient (Wildman–Crippen LogP) is 5.50. The molecule has 2 fully saturated rings. The minimum atomic E-state index is -0.451. The molecule has 2 amide bonds. The summed E-state index contributed by atoms with van der Waals surface area (Å²) < 4.78 is 16.5. The summed E-state index contributed by atoms with van der Waals surface area (Å²) in [7, 11) is 0. The van der Waals surface area contributed by atoms with Crippen molar-refractivity contribution in [2.75, 3.05) is 26.2 Å². The molecule has 1 N–H and O–H groups in total. The minimum absolute atomic E-state index is 0.130. The molecule has 0 radical (unpaired) electrons. The molecule has 0 aliphatic carbocycles. The molecule has 0 atom stereocenters. The van der Waals surface area contributed by atoms with Gasteiger partial charge in [-0.2, -0.15) is 0 Å². The van der Waals surface area contributed by atoms with Crippen molar-refractivity contribution >= 4 is 23.8 Å². The van der Waals surface area contributed by atoms with E-state index < -0.39 is 11.2 Å². The van der Waals surface area contributed by atoms with Crippen LogP contribution in [0.25, 0.3) is 0 Å². The standard InChI is InChI=1S/C16H22ClNO3.C10H19NO3/c1-16(2,3)21-15(19)18-10-8-14(9-11-18)20-13-6-4-12(17)5-7-13;1-10(2,3)14-9(13)11-6-4-8(12)5-7-11/h4-7,14H,8-11H2,1-3H3;8,12H,4-7H2,1-3H3. The molecule has 0 saturated carbocycles. The molecule has 3 rings (SSSR count). The van der Waals surface area contributed by atoms with Gasteiger partial charge in [0, 0.05) is 44.0 Å². The molecular weight excluding hydrogens is 472 g/mol. The fourth-order valence-electron chi connectivity index (χ4n) is 3.56. The van der Waals surface area contributed by atoms with Crippen LogP contribution in [0.3, 0.4) is 0 Å². The van der Waals surface area contributed by atoms with Crippen LogP contribution in [0.15, 0.2) is 24.3 Å². The number of benzene rings is 1. The molecule has 0 spiro atoms. The smallest absolute Gasteiger partial charge is 0.410 e. The molecule has 8 nitrogen and oxygen atoms in total. The summed E-state index contributed by atoms with van der Waals surface area (Å²) in [5, 5.41) is 9.96. The van der Waals surface area contributed by atoms with Gasteiger partial charge in [-0.05, 0) is 78.6 Å². The molecule has 0 aromatic heterocycles. The first-order valence-electron chi connectivity index (χ1n) is 12.3. The number of hydrogen-bond acceptors (Lipinski definition) is 6. The quantitative estimate of drug-likeness (QED) is 0.563. The van der Waals surface area contributed by atoms with Crippen LogP contribution in [0, 0.1) is 0 Å². The number of ether oxygens (including phenoxy) is 3. The van der Waals surface area contributed by atoms with Crippen molar-refractivity contribution in [3.63, 3.8) is 0 Å². The first kappa shape index (κ1) is 29.0. The zero-order valence-corrected chi connectivity index (χ0v) is 22.6. The van der Waals surface area contributed by atoms with Gasteiger partial charge in [0.2, 0.25) is 0 Å². The van der Waals surface area contributed by atoms with E-state index in [0.717, 1.165) is 18.6 Å². The second kappa shape index (κ2) is 12.7. The highest BCUT2D eigenvalue weighted by molar-refractivity contribution is 6.30. The van der Waals surface area contributed by atoms with Crippen LogP contribution in [-0.4, -0.2) is 76.7 Å². The third-order valence-corrected chi connectivity index (χ3v) is 5.58. The van der Waals surface area contributed by atoms with E-state index in [1.165, 1.54) is 0 Å². The maximum Gasteiger partial charge on any atom is 0.410 e. The summed E-state index contributed by atoms with van der Waals surface area (Å²) in [5.41, 5.74) is -0.888. The number of carbonyl (C=O) groups excluding carboxylic acids is 2. The van der Waals surface area contributed by atoms with Crippen LogP contribution in [0.5, 0.6) is 5.75 Å². The number of likely N-dealkylation sites (tertiary alicyclic amines) is 2. The van der Waals surface area contributed by atoms with Crippen LogP contribution in [0.4, 0.5) is 9.59 Å². The van der Waals surface area contributed by atoms with Gasteiger partial charge >= 0.3 is 12.2 Å². The number of hydrogen-bond donors (Lipinski definition) is 1. The number of rotatable bonds is 2. The van der Waals surface area contributed by atoms with Gasteiger partial charge in [0.15, 0.2) is 0 Å². The third kappa shape index (κ3) is 11.4. The van der Waals surface area contributed by atoms with E-state index in [9.17, 15) is 14.7 Å². The summed E-state index contributed by atoms with van der Waals surface area (Å²) in [6.45, 7) is 13.7. The highest BCUT2D eigenvalue weighted by Gasteiger charge is 2.28. The summed E-state index contributed by atoms with van der Waals surface area (Å²) >= 11 is 5.85. The number of carbonyl (C=O) groups is 2. The molecule has 2 aliphatic heterocycles. The Morgan fingerprint density at radius 2 is 1.20 bits per heavy atom. The van der Waals surface area contributed by atoms with Crippen molar-refractivity contribution in [2.45, 2.75) is 90.6 Å². The monoisotopic (exact) mass is 512 g/mol. The lowest BCUT2D eigenvalue weighted by Gasteiger charge is -2.33. The molecule has 0 unspecified atom stereocenters. The van der Waals surface area contributed by atoms with Crippen LogP contribution < -0.4 is 4.74 Å². The molecule has 1 aromatic carbocycles. The lowest BCUT2D eigenvalue weighted by molar-refractivity contribution is 0.00959. The topological polar surface area (TPSA) is 88.5 Å². The highest BCUT2D eigenvalue weighted by Crippen LogP contribution is 2.22. The Balaban J connectivity index is 0.000000269. The molecule has 2 aliphatic rings. The fraction of sp³-hybridized carbons (Fsp3) is 0.692. The Kier molecular flexibility index (Phi) is 10.5. The molecular formula is C26H41ClN2O6. The number of aliphatic hydroxyl groups is 1. The van der Waals surface area contributed by atoms with Gasteiger partial charge in [0.05, 0.1) is 6.10 Å². The van der Waals surface area contributed by atoms with Crippen molar-refractivity contribution in [3.05, 3.63) is 29.3 Å². The van der Waals surface area contributed by atoms with Gasteiger partial charge < -0.3 is 29.1 Å². The maximum absolute atomic E-state index is 12.0. The lowest BCUT2D eigenvalue weighted by atomic mass is 10.1. The van der Waals surface area contributed by atoms with Crippen molar-refractivity contribution in [1.82, 2.24) is 9.80 Å². The lowest BCUT2D eigenvalue weighted by Crippen LogP contribution is -2.44. The maximum atomic E-state index is 12.0. The Hall–Kier alpha value is -2.19. The Morgan fingerprint density at radius 3 is 1.60 bits per heavy atom. The Bertz CT molecular complexity index is 803. The molecule has 1 aromatic rings. The van der Waals surface area contributed by atoms with Gasteiger partial charge in [0.1, 0.15) is 23.1 Å². The van der Waals surface area contributed by atoms with E-state index in [4.69, 9.17) is 25.8 Å². The van der Waals surface area contributed by atoms with E-state index >= 15 is 0 Å². The van der Waals surface area contributed by atoms with Crippen LogP contribution >= 0.6 is 11.6 Å². The second-order valence-corrected chi connectivity index (χ2v) is 11.4. The van der Waals surface area contributed by atoms with Crippen molar-refractivity contribution in [2.24, 2.45) is 0 Å². The molecule has 35 heavy (non-hydrogen) atoms. The van der Waals surface area contributed by atoms with Gasteiger partial charge in [-0.25, -0.2) is 9.59 Å². The van der Waals surface area contributed by atoms with Crippen molar-refractivity contribution < 1.29 is 28.9 Å². The van der Waals surface area contributed by atoms with Crippen molar-refractivity contribution in [3.8, 4) is 5.75 Å². The SMILES string of the molecule is CC(C)(C)OC(=O)N1CCC(O)CC1.CC(C)(C)OC(=O)N1CCC(Oc2ccc(Cl)cc2)CC1. The molecule has 9 heteroatoms. The normalized spacial score (nSPS) is 17.8. The summed E-state index contributed by atoms with van der Waals surface area (Å²) in [6, 6.07) is 7.35. The summed E-state index contributed by atoms with van der Waals surface area (Å²) in [5.74, 6) is 0.815. The average Bonchev–Trinajstić information content (AvgIpc) is 2.74. The fourth-order valence-corrected chi connectivity index (χ4v) is 3.69. The molecule has 2 heterocycles. The van der Waals surface area contributed by atoms with E-state index in [2.05, 4.69) is 0 Å². The van der Waals surface area contributed by atoms with Crippen LogP contribution in [0.2, 0.25) is 5.02 Å². The Labute approximate surface area is 214 Å². The molecule has 2 saturated heterocycles. The predicted molar refractivity (Wildman–Crippen MR) is 136 cm³/mol. The zero-order chi connectivity index (χ0) is 26.2. The third-order valence-electron chi connectivity index (χ3n) is 5.33. The number of amides is 2. The van der Waals surface area contributed by atoms with E-state index in [1.54, 1.807) is 9.80 Å². The number of nitrogens with zero attached hydrogens (tertiary/aromatic N) is 2. The van der Waals surface area contributed by atoms with Gasteiger partial charge in [0.25, 0.3) is 0 Å². The number of halogens is 1. The van der Waals surface area contributed by atoms with Gasteiger partial charge in [-0.3, -0.25) is 0 Å². The zero-order valence-electron chi connectivity index (χ0n) is 21.9.